The van der Waals surface area contributed by atoms with E-state index in [-0.39, 0.29) is 7.12 Å². The minimum atomic E-state index is 0.00562. The monoisotopic (exact) mass is 196 g/mol. The molecule has 2 atom stereocenters. The van der Waals surface area contributed by atoms with Crippen LogP contribution in [0, 0.1) is 11.8 Å². The van der Waals surface area contributed by atoms with Gasteiger partial charge in [0.15, 0.2) is 0 Å². The molecule has 1 aliphatic rings. The molecule has 0 radical (unpaired) electrons. The normalized spacial score (nSPS) is 28.1. The van der Waals surface area contributed by atoms with Gasteiger partial charge in [-0.05, 0) is 25.6 Å². The largest absolute Gasteiger partial charge is 0.457 e. The Morgan fingerprint density at radius 1 is 1.57 bits per heavy atom. The van der Waals surface area contributed by atoms with Crippen LogP contribution >= 0.6 is 0 Å². The van der Waals surface area contributed by atoms with Crippen molar-refractivity contribution in [2.45, 2.75) is 39.6 Å². The first-order chi connectivity index (χ1) is 6.63. The SMILES string of the molecule is C=CCC1COB(CC(C)C)OC1C. The minimum absolute atomic E-state index is 0.00562. The lowest BCUT2D eigenvalue weighted by molar-refractivity contribution is 0.0229. The van der Waals surface area contributed by atoms with Crippen LogP contribution < -0.4 is 0 Å². The molecule has 0 N–H and O–H groups in total. The van der Waals surface area contributed by atoms with Gasteiger partial charge < -0.3 is 9.31 Å². The third-order valence-corrected chi connectivity index (χ3v) is 2.66. The summed E-state index contributed by atoms with van der Waals surface area (Å²) < 4.78 is 11.4. The van der Waals surface area contributed by atoms with E-state index in [2.05, 4.69) is 27.4 Å². The summed E-state index contributed by atoms with van der Waals surface area (Å²) in [5.74, 6) is 1.11. The molecular weight excluding hydrogens is 175 g/mol. The van der Waals surface area contributed by atoms with Crippen molar-refractivity contribution in [3.8, 4) is 0 Å². The molecule has 2 unspecified atom stereocenters. The Morgan fingerprint density at radius 2 is 2.29 bits per heavy atom. The topological polar surface area (TPSA) is 18.5 Å². The molecule has 0 saturated carbocycles. The highest BCUT2D eigenvalue weighted by Crippen LogP contribution is 2.23. The van der Waals surface area contributed by atoms with Gasteiger partial charge >= 0.3 is 7.12 Å². The second-order valence-electron chi connectivity index (χ2n) is 4.52. The molecule has 2 nitrogen and oxygen atoms in total. The zero-order chi connectivity index (χ0) is 10.6. The average molecular weight is 196 g/mol. The lowest BCUT2D eigenvalue weighted by Gasteiger charge is -2.33. The third kappa shape index (κ3) is 3.47. The molecule has 1 aliphatic heterocycles. The summed E-state index contributed by atoms with van der Waals surface area (Å²) in [6.07, 6.45) is 4.21. The zero-order valence-corrected chi connectivity index (χ0v) is 9.53. The van der Waals surface area contributed by atoms with Crippen LogP contribution in [0.25, 0.3) is 0 Å². The molecule has 1 fully saturated rings. The molecule has 0 aromatic heterocycles. The van der Waals surface area contributed by atoms with Crippen LogP contribution in [0.5, 0.6) is 0 Å². The summed E-state index contributed by atoms with van der Waals surface area (Å²) in [4.78, 5) is 0. The van der Waals surface area contributed by atoms with Gasteiger partial charge in [0.2, 0.25) is 0 Å². The van der Waals surface area contributed by atoms with Crippen LogP contribution in [0.2, 0.25) is 6.32 Å². The molecule has 1 heterocycles. The first-order valence-electron chi connectivity index (χ1n) is 5.51. The second kappa shape index (κ2) is 5.57. The summed E-state index contributed by atoms with van der Waals surface area (Å²) in [5, 5.41) is 0. The zero-order valence-electron chi connectivity index (χ0n) is 9.53. The lowest BCUT2D eigenvalue weighted by atomic mass is 9.76. The maximum atomic E-state index is 5.79. The Kier molecular flexibility index (Phi) is 4.69. The summed E-state index contributed by atoms with van der Waals surface area (Å²) in [5.41, 5.74) is 0. The molecule has 1 saturated heterocycles. The van der Waals surface area contributed by atoms with E-state index in [1.54, 1.807) is 0 Å². The molecule has 80 valence electrons. The molecule has 14 heavy (non-hydrogen) atoms. The van der Waals surface area contributed by atoms with E-state index in [4.69, 9.17) is 9.31 Å². The van der Waals surface area contributed by atoms with Gasteiger partial charge in [0, 0.05) is 18.6 Å². The first kappa shape index (κ1) is 11.8. The van der Waals surface area contributed by atoms with Gasteiger partial charge in [0.05, 0.1) is 0 Å². The molecule has 0 bridgehead atoms. The molecule has 0 spiro atoms. The molecule has 0 aromatic carbocycles. The van der Waals surface area contributed by atoms with Crippen molar-refractivity contribution in [1.82, 2.24) is 0 Å². The summed E-state index contributed by atoms with van der Waals surface area (Å²) in [6.45, 7) is 11.1. The van der Waals surface area contributed by atoms with Crippen LogP contribution in [0.4, 0.5) is 0 Å². The highest BCUT2D eigenvalue weighted by atomic mass is 16.6. The minimum Gasteiger partial charge on any atom is -0.411 e. The number of hydrogen-bond acceptors (Lipinski definition) is 2. The number of hydrogen-bond donors (Lipinski definition) is 0. The number of rotatable bonds is 4. The molecular formula is C11H21BO2. The number of allylic oxidation sites excluding steroid dienone is 1. The fourth-order valence-electron chi connectivity index (χ4n) is 1.74. The fraction of sp³-hybridized carbons (Fsp3) is 0.818. The van der Waals surface area contributed by atoms with Crippen LogP contribution in [-0.4, -0.2) is 19.8 Å². The van der Waals surface area contributed by atoms with Crippen molar-refractivity contribution >= 4 is 7.12 Å². The van der Waals surface area contributed by atoms with Gasteiger partial charge in [-0.2, -0.15) is 0 Å². The highest BCUT2D eigenvalue weighted by Gasteiger charge is 2.32. The molecule has 0 amide bonds. The molecule has 1 rings (SSSR count). The lowest BCUT2D eigenvalue weighted by Crippen LogP contribution is -2.41. The van der Waals surface area contributed by atoms with Crippen molar-refractivity contribution in [3.63, 3.8) is 0 Å². The van der Waals surface area contributed by atoms with E-state index < -0.39 is 0 Å². The van der Waals surface area contributed by atoms with Gasteiger partial charge in [-0.15, -0.1) is 6.58 Å². The van der Waals surface area contributed by atoms with Crippen LogP contribution in [0.15, 0.2) is 12.7 Å². The second-order valence-corrected chi connectivity index (χ2v) is 4.52. The fourth-order valence-corrected chi connectivity index (χ4v) is 1.74. The summed E-state index contributed by atoms with van der Waals surface area (Å²) in [7, 11) is 0.00562. The Hall–Kier alpha value is -0.275. The Labute approximate surface area is 87.8 Å². The van der Waals surface area contributed by atoms with Gasteiger partial charge in [-0.1, -0.05) is 19.9 Å². The van der Waals surface area contributed by atoms with E-state index in [9.17, 15) is 0 Å². The molecule has 0 aromatic rings. The van der Waals surface area contributed by atoms with Gasteiger partial charge in [0.1, 0.15) is 0 Å². The Morgan fingerprint density at radius 3 is 2.79 bits per heavy atom. The van der Waals surface area contributed by atoms with Gasteiger partial charge in [0.25, 0.3) is 0 Å². The van der Waals surface area contributed by atoms with E-state index in [1.807, 2.05) is 6.08 Å². The van der Waals surface area contributed by atoms with Crippen LogP contribution in [-0.2, 0) is 9.31 Å². The van der Waals surface area contributed by atoms with E-state index in [0.29, 0.717) is 17.9 Å². The molecule has 3 heteroatoms. The Balaban J connectivity index is 2.34. The van der Waals surface area contributed by atoms with E-state index in [0.717, 1.165) is 19.3 Å². The summed E-state index contributed by atoms with van der Waals surface area (Å²) in [6, 6.07) is 0. The van der Waals surface area contributed by atoms with Gasteiger partial charge in [-0.3, -0.25) is 0 Å². The quantitative estimate of drug-likeness (QED) is 0.508. The maximum Gasteiger partial charge on any atom is 0.457 e. The van der Waals surface area contributed by atoms with Crippen molar-refractivity contribution in [1.29, 1.82) is 0 Å². The average Bonchev–Trinajstić information content (AvgIpc) is 2.09. The van der Waals surface area contributed by atoms with Crippen LogP contribution in [0.3, 0.4) is 0 Å². The predicted octanol–water partition coefficient (Wildman–Crippen LogP) is 2.76. The van der Waals surface area contributed by atoms with Crippen molar-refractivity contribution in [3.05, 3.63) is 12.7 Å². The molecule has 0 aliphatic carbocycles. The van der Waals surface area contributed by atoms with E-state index in [1.165, 1.54) is 0 Å². The van der Waals surface area contributed by atoms with Crippen molar-refractivity contribution in [2.24, 2.45) is 11.8 Å². The predicted molar refractivity (Wildman–Crippen MR) is 60.2 cm³/mol. The van der Waals surface area contributed by atoms with Crippen molar-refractivity contribution < 1.29 is 9.31 Å². The standard InChI is InChI=1S/C11H21BO2/c1-5-6-11-8-13-12(7-9(2)3)14-10(11)4/h5,9-11H,1,6-8H2,2-4H3. The van der Waals surface area contributed by atoms with E-state index >= 15 is 0 Å². The smallest absolute Gasteiger partial charge is 0.411 e. The third-order valence-electron chi connectivity index (χ3n) is 2.66. The Bertz CT molecular complexity index is 182. The maximum absolute atomic E-state index is 5.79. The first-order valence-corrected chi connectivity index (χ1v) is 5.51. The van der Waals surface area contributed by atoms with Gasteiger partial charge in [-0.25, -0.2) is 0 Å². The summed E-state index contributed by atoms with van der Waals surface area (Å²) >= 11 is 0. The highest BCUT2D eigenvalue weighted by molar-refractivity contribution is 6.44. The van der Waals surface area contributed by atoms with Crippen LogP contribution in [0.1, 0.15) is 27.2 Å². The van der Waals surface area contributed by atoms with Crippen molar-refractivity contribution in [2.75, 3.05) is 6.61 Å².